The Labute approximate surface area is 170 Å². The zero-order valence-electron chi connectivity index (χ0n) is 16.5. The molecule has 3 amide bonds. The number of nitrogens with one attached hydrogen (secondary N) is 2. The van der Waals surface area contributed by atoms with Crippen molar-refractivity contribution in [3.8, 4) is 0 Å². The highest BCUT2D eigenvalue weighted by Gasteiger charge is 2.51. The van der Waals surface area contributed by atoms with Crippen LogP contribution in [0.3, 0.4) is 0 Å². The number of imide groups is 1. The zero-order chi connectivity index (χ0) is 20.9. The second-order valence-corrected chi connectivity index (χ2v) is 7.66. The fourth-order valence-corrected chi connectivity index (χ4v) is 3.96. The van der Waals surface area contributed by atoms with Gasteiger partial charge >= 0.3 is 0 Å². The summed E-state index contributed by atoms with van der Waals surface area (Å²) in [5.74, 6) is -1.16. The van der Waals surface area contributed by atoms with E-state index in [0.717, 1.165) is 37.0 Å². The standard InChI is InChI=1S/C21H28N4O4/c22-11-4-2-1-3-5-12-23-16-8-6-7-15-18(16)20(29)25(19(15)28)21(14-26)10-9-17(27)24-13-21/h6-8,14,23H,1-5,9-13,22H2,(H,24,27). The first-order chi connectivity index (χ1) is 14.0. The Bertz CT molecular complexity index is 798. The summed E-state index contributed by atoms with van der Waals surface area (Å²) in [6.07, 6.45) is 6.13. The molecule has 2 aliphatic heterocycles. The third-order valence-corrected chi connectivity index (χ3v) is 5.65. The van der Waals surface area contributed by atoms with Gasteiger partial charge in [-0.1, -0.05) is 25.3 Å². The molecule has 0 aliphatic carbocycles. The van der Waals surface area contributed by atoms with Crippen LogP contribution in [0, 0.1) is 0 Å². The van der Waals surface area contributed by atoms with Crippen molar-refractivity contribution in [2.24, 2.45) is 5.73 Å². The second-order valence-electron chi connectivity index (χ2n) is 7.66. The van der Waals surface area contributed by atoms with E-state index in [4.69, 9.17) is 5.73 Å². The molecular formula is C21H28N4O4. The molecule has 0 saturated carbocycles. The molecule has 8 nitrogen and oxygen atoms in total. The Hall–Kier alpha value is -2.74. The lowest BCUT2D eigenvalue weighted by molar-refractivity contribution is -0.127. The summed E-state index contributed by atoms with van der Waals surface area (Å²) in [5, 5.41) is 5.87. The summed E-state index contributed by atoms with van der Waals surface area (Å²) in [6.45, 7) is 1.36. The van der Waals surface area contributed by atoms with Crippen LogP contribution in [0.15, 0.2) is 18.2 Å². The third kappa shape index (κ3) is 4.17. The van der Waals surface area contributed by atoms with Crippen LogP contribution in [0.1, 0.15) is 65.7 Å². The molecule has 0 aromatic heterocycles. The summed E-state index contributed by atoms with van der Waals surface area (Å²) in [7, 11) is 0. The lowest BCUT2D eigenvalue weighted by atomic mass is 9.89. The van der Waals surface area contributed by atoms with Crippen LogP contribution in [0.4, 0.5) is 5.69 Å². The number of amides is 3. The molecule has 1 aromatic rings. The molecule has 1 fully saturated rings. The van der Waals surface area contributed by atoms with Gasteiger partial charge in [0.05, 0.1) is 11.1 Å². The van der Waals surface area contributed by atoms with Crippen molar-refractivity contribution in [3.63, 3.8) is 0 Å². The average molecular weight is 400 g/mol. The topological polar surface area (TPSA) is 122 Å². The van der Waals surface area contributed by atoms with Gasteiger partial charge in [0.25, 0.3) is 11.8 Å². The van der Waals surface area contributed by atoms with Crippen molar-refractivity contribution in [1.82, 2.24) is 10.2 Å². The van der Waals surface area contributed by atoms with E-state index in [0.29, 0.717) is 36.2 Å². The Morgan fingerprint density at radius 3 is 2.55 bits per heavy atom. The number of carbonyl (C=O) groups is 4. The molecule has 1 aromatic carbocycles. The molecule has 0 bridgehead atoms. The van der Waals surface area contributed by atoms with Gasteiger partial charge in [-0.2, -0.15) is 0 Å². The number of aldehydes is 1. The molecule has 156 valence electrons. The fourth-order valence-electron chi connectivity index (χ4n) is 3.96. The van der Waals surface area contributed by atoms with Crippen molar-refractivity contribution in [2.45, 2.75) is 50.5 Å². The highest BCUT2D eigenvalue weighted by Crippen LogP contribution is 2.35. The number of hydrogen-bond donors (Lipinski definition) is 3. The molecule has 2 heterocycles. The minimum atomic E-state index is -1.33. The summed E-state index contributed by atoms with van der Waals surface area (Å²) in [6, 6.07) is 5.11. The van der Waals surface area contributed by atoms with Gasteiger partial charge in [-0.3, -0.25) is 19.3 Å². The van der Waals surface area contributed by atoms with Crippen molar-refractivity contribution in [1.29, 1.82) is 0 Å². The minimum Gasteiger partial charge on any atom is -0.384 e. The molecule has 1 saturated heterocycles. The molecule has 8 heteroatoms. The number of anilines is 1. The van der Waals surface area contributed by atoms with E-state index in [1.807, 2.05) is 0 Å². The predicted octanol–water partition coefficient (Wildman–Crippen LogP) is 1.45. The Morgan fingerprint density at radius 2 is 1.86 bits per heavy atom. The maximum absolute atomic E-state index is 13.2. The largest absolute Gasteiger partial charge is 0.384 e. The van der Waals surface area contributed by atoms with E-state index in [9.17, 15) is 19.2 Å². The van der Waals surface area contributed by atoms with Crippen LogP contribution in [0.5, 0.6) is 0 Å². The predicted molar refractivity (Wildman–Crippen MR) is 109 cm³/mol. The first kappa shape index (κ1) is 21.0. The average Bonchev–Trinajstić information content (AvgIpc) is 3.00. The first-order valence-corrected chi connectivity index (χ1v) is 10.2. The molecule has 1 unspecified atom stereocenters. The van der Waals surface area contributed by atoms with Crippen LogP contribution in [-0.4, -0.2) is 54.1 Å². The number of carbonyl (C=O) groups excluding carboxylic acids is 4. The van der Waals surface area contributed by atoms with E-state index in [1.54, 1.807) is 18.2 Å². The van der Waals surface area contributed by atoms with Gasteiger partial charge in [0.2, 0.25) is 5.91 Å². The number of benzene rings is 1. The van der Waals surface area contributed by atoms with Gasteiger partial charge < -0.3 is 21.2 Å². The summed E-state index contributed by atoms with van der Waals surface area (Å²) in [5.41, 5.74) is 5.36. The smallest absolute Gasteiger partial charge is 0.264 e. The van der Waals surface area contributed by atoms with E-state index in [-0.39, 0.29) is 25.3 Å². The zero-order valence-corrected chi connectivity index (χ0v) is 16.5. The summed E-state index contributed by atoms with van der Waals surface area (Å²) >= 11 is 0. The summed E-state index contributed by atoms with van der Waals surface area (Å²) < 4.78 is 0. The van der Waals surface area contributed by atoms with Gasteiger partial charge in [0, 0.05) is 25.2 Å². The molecule has 1 atom stereocenters. The maximum Gasteiger partial charge on any atom is 0.264 e. The van der Waals surface area contributed by atoms with Crippen molar-refractivity contribution < 1.29 is 19.2 Å². The monoisotopic (exact) mass is 400 g/mol. The van der Waals surface area contributed by atoms with Gasteiger partial charge in [-0.15, -0.1) is 0 Å². The van der Waals surface area contributed by atoms with Crippen molar-refractivity contribution in [2.75, 3.05) is 25.0 Å². The molecule has 0 spiro atoms. The minimum absolute atomic E-state index is 0.0492. The number of fused-ring (bicyclic) bond motifs is 1. The SMILES string of the molecule is NCCCCCCCNc1cccc2c1C(=O)N(C1(C=O)CCC(=O)NC1)C2=O. The number of unbranched alkanes of at least 4 members (excludes halogenated alkanes) is 4. The van der Waals surface area contributed by atoms with Crippen molar-refractivity contribution in [3.05, 3.63) is 29.3 Å². The Morgan fingerprint density at radius 1 is 1.10 bits per heavy atom. The molecule has 3 rings (SSSR count). The van der Waals surface area contributed by atoms with E-state index >= 15 is 0 Å². The quantitative estimate of drug-likeness (QED) is 0.310. The van der Waals surface area contributed by atoms with Crippen LogP contribution in [0.2, 0.25) is 0 Å². The first-order valence-electron chi connectivity index (χ1n) is 10.2. The van der Waals surface area contributed by atoms with E-state index in [2.05, 4.69) is 10.6 Å². The van der Waals surface area contributed by atoms with Crippen LogP contribution >= 0.6 is 0 Å². The van der Waals surface area contributed by atoms with Crippen LogP contribution in [0.25, 0.3) is 0 Å². The van der Waals surface area contributed by atoms with Gasteiger partial charge in [-0.05, 0) is 37.9 Å². The molecule has 0 radical (unpaired) electrons. The highest BCUT2D eigenvalue weighted by molar-refractivity contribution is 6.25. The molecule has 29 heavy (non-hydrogen) atoms. The number of nitrogens with two attached hydrogens (primary N) is 1. The Kier molecular flexibility index (Phi) is 6.64. The Balaban J connectivity index is 1.72. The second kappa shape index (κ2) is 9.17. The highest BCUT2D eigenvalue weighted by atomic mass is 16.2. The van der Waals surface area contributed by atoms with Crippen molar-refractivity contribution >= 4 is 29.7 Å². The lowest BCUT2D eigenvalue weighted by Gasteiger charge is -2.38. The van der Waals surface area contributed by atoms with Gasteiger partial charge in [0.15, 0.2) is 0 Å². The fraction of sp³-hybridized carbons (Fsp3) is 0.524. The normalized spacial score (nSPS) is 21.1. The number of nitrogens with zero attached hydrogens (tertiary/aromatic N) is 1. The summed E-state index contributed by atoms with van der Waals surface area (Å²) in [4.78, 5) is 50.6. The van der Waals surface area contributed by atoms with E-state index in [1.165, 1.54) is 0 Å². The molecular weight excluding hydrogens is 372 g/mol. The van der Waals surface area contributed by atoms with E-state index < -0.39 is 17.4 Å². The van der Waals surface area contributed by atoms with Gasteiger partial charge in [-0.25, -0.2) is 0 Å². The number of hydrogen-bond acceptors (Lipinski definition) is 6. The molecule has 2 aliphatic rings. The van der Waals surface area contributed by atoms with Crippen LogP contribution in [-0.2, 0) is 9.59 Å². The molecule has 4 N–H and O–H groups in total. The lowest BCUT2D eigenvalue weighted by Crippen LogP contribution is -2.62. The van der Waals surface area contributed by atoms with Gasteiger partial charge in [0.1, 0.15) is 11.8 Å². The number of piperidine rings is 1. The third-order valence-electron chi connectivity index (χ3n) is 5.65. The van der Waals surface area contributed by atoms with Crippen LogP contribution < -0.4 is 16.4 Å². The number of rotatable bonds is 10. The maximum atomic E-state index is 13.2.